The van der Waals surface area contributed by atoms with Gasteiger partial charge in [0.1, 0.15) is 6.10 Å². The maximum absolute atomic E-state index is 9.60. The first-order chi connectivity index (χ1) is 6.77. The van der Waals surface area contributed by atoms with E-state index in [2.05, 4.69) is 5.32 Å². The number of hydrogen-bond acceptors (Lipinski definition) is 4. The van der Waals surface area contributed by atoms with Gasteiger partial charge in [-0.15, -0.1) is 0 Å². The first-order valence-corrected chi connectivity index (χ1v) is 5.46. The first-order valence-electron chi connectivity index (χ1n) is 5.46. The van der Waals surface area contributed by atoms with Gasteiger partial charge in [-0.05, 0) is 31.7 Å². The molecule has 1 saturated carbocycles. The largest absolute Gasteiger partial charge is 0.390 e. The van der Waals surface area contributed by atoms with Crippen LogP contribution in [0.2, 0.25) is 0 Å². The van der Waals surface area contributed by atoms with Gasteiger partial charge in [-0.1, -0.05) is 0 Å². The van der Waals surface area contributed by atoms with Crippen molar-refractivity contribution in [2.45, 2.75) is 37.6 Å². The van der Waals surface area contributed by atoms with Gasteiger partial charge in [-0.2, -0.15) is 0 Å². The van der Waals surface area contributed by atoms with E-state index in [0.29, 0.717) is 19.6 Å². The molecule has 82 valence electrons. The summed E-state index contributed by atoms with van der Waals surface area (Å²) in [5, 5.41) is 22.3. The van der Waals surface area contributed by atoms with Gasteiger partial charge < -0.3 is 20.3 Å². The SMILES string of the molecule is O[C@H]1[C@H](O)CCO[C@@H]1CNCC1CC1. The van der Waals surface area contributed by atoms with Gasteiger partial charge >= 0.3 is 0 Å². The molecule has 2 aliphatic rings. The molecule has 0 amide bonds. The van der Waals surface area contributed by atoms with Crippen LogP contribution in [0.4, 0.5) is 0 Å². The third-order valence-corrected chi connectivity index (χ3v) is 3.00. The lowest BCUT2D eigenvalue weighted by atomic mass is 10.0. The maximum Gasteiger partial charge on any atom is 0.107 e. The van der Waals surface area contributed by atoms with Crippen LogP contribution in [-0.4, -0.2) is 48.2 Å². The van der Waals surface area contributed by atoms with Gasteiger partial charge in [0, 0.05) is 13.2 Å². The van der Waals surface area contributed by atoms with Gasteiger partial charge in [0.25, 0.3) is 0 Å². The standard InChI is InChI=1S/C10H19NO3/c12-8-3-4-14-9(10(8)13)6-11-5-7-1-2-7/h7-13H,1-6H2/t8-,9-,10+/m1/s1. The quantitative estimate of drug-likeness (QED) is 0.573. The Labute approximate surface area is 84.3 Å². The number of aliphatic hydroxyl groups excluding tert-OH is 2. The fraction of sp³-hybridized carbons (Fsp3) is 1.00. The summed E-state index contributed by atoms with van der Waals surface area (Å²) in [6.45, 7) is 2.21. The third-order valence-electron chi connectivity index (χ3n) is 3.00. The molecule has 2 rings (SSSR count). The van der Waals surface area contributed by atoms with Crippen molar-refractivity contribution in [3.8, 4) is 0 Å². The van der Waals surface area contributed by atoms with E-state index < -0.39 is 12.2 Å². The summed E-state index contributed by atoms with van der Waals surface area (Å²) < 4.78 is 5.39. The molecule has 3 N–H and O–H groups in total. The molecule has 0 unspecified atom stereocenters. The average Bonchev–Trinajstić information content (AvgIpc) is 2.96. The van der Waals surface area contributed by atoms with Crippen molar-refractivity contribution < 1.29 is 14.9 Å². The lowest BCUT2D eigenvalue weighted by Crippen LogP contribution is -2.49. The highest BCUT2D eigenvalue weighted by Gasteiger charge is 2.31. The van der Waals surface area contributed by atoms with Crippen LogP contribution in [0.15, 0.2) is 0 Å². The van der Waals surface area contributed by atoms with E-state index in [1.165, 1.54) is 12.8 Å². The van der Waals surface area contributed by atoms with Crippen molar-refractivity contribution >= 4 is 0 Å². The van der Waals surface area contributed by atoms with Gasteiger partial charge in [-0.3, -0.25) is 0 Å². The average molecular weight is 201 g/mol. The molecule has 1 aliphatic carbocycles. The minimum absolute atomic E-state index is 0.238. The number of ether oxygens (including phenoxy) is 1. The van der Waals surface area contributed by atoms with Crippen LogP contribution in [0.25, 0.3) is 0 Å². The monoisotopic (exact) mass is 201 g/mol. The van der Waals surface area contributed by atoms with Crippen LogP contribution in [-0.2, 0) is 4.74 Å². The van der Waals surface area contributed by atoms with Gasteiger partial charge in [0.2, 0.25) is 0 Å². The summed E-state index contributed by atoms with van der Waals surface area (Å²) in [7, 11) is 0. The molecule has 0 aromatic heterocycles. The minimum atomic E-state index is -0.726. The molecule has 1 saturated heterocycles. The second kappa shape index (κ2) is 4.57. The molecule has 2 fully saturated rings. The van der Waals surface area contributed by atoms with Crippen LogP contribution < -0.4 is 5.32 Å². The molecule has 0 aromatic rings. The molecule has 14 heavy (non-hydrogen) atoms. The normalized spacial score (nSPS) is 38.6. The van der Waals surface area contributed by atoms with Crippen molar-refractivity contribution in [1.82, 2.24) is 5.32 Å². The third kappa shape index (κ3) is 2.67. The molecule has 0 spiro atoms. The van der Waals surface area contributed by atoms with Crippen LogP contribution >= 0.6 is 0 Å². The maximum atomic E-state index is 9.60. The smallest absolute Gasteiger partial charge is 0.107 e. The molecule has 4 heteroatoms. The van der Waals surface area contributed by atoms with Crippen molar-refractivity contribution in [3.05, 3.63) is 0 Å². The first kappa shape index (κ1) is 10.4. The van der Waals surface area contributed by atoms with E-state index in [-0.39, 0.29) is 6.10 Å². The van der Waals surface area contributed by atoms with E-state index in [4.69, 9.17) is 4.74 Å². The van der Waals surface area contributed by atoms with Crippen LogP contribution in [0.3, 0.4) is 0 Å². The summed E-state index contributed by atoms with van der Waals surface area (Å²) in [5.41, 5.74) is 0. The molecule has 1 aliphatic heterocycles. The summed E-state index contributed by atoms with van der Waals surface area (Å²) in [4.78, 5) is 0. The Kier molecular flexibility index (Phi) is 3.38. The van der Waals surface area contributed by atoms with Crippen molar-refractivity contribution in [2.75, 3.05) is 19.7 Å². The Morgan fingerprint density at radius 1 is 1.14 bits per heavy atom. The molecule has 0 bridgehead atoms. The highest BCUT2D eigenvalue weighted by molar-refractivity contribution is 4.83. The van der Waals surface area contributed by atoms with E-state index in [0.717, 1.165) is 12.5 Å². The Morgan fingerprint density at radius 3 is 2.64 bits per heavy atom. The predicted octanol–water partition coefficient (Wildman–Crippen LogP) is -0.503. The topological polar surface area (TPSA) is 61.7 Å². The second-order valence-corrected chi connectivity index (χ2v) is 4.36. The minimum Gasteiger partial charge on any atom is -0.390 e. The number of aliphatic hydroxyl groups is 2. The van der Waals surface area contributed by atoms with Crippen LogP contribution in [0.5, 0.6) is 0 Å². The van der Waals surface area contributed by atoms with Crippen LogP contribution in [0, 0.1) is 5.92 Å². The molecule has 4 nitrogen and oxygen atoms in total. The fourth-order valence-corrected chi connectivity index (χ4v) is 1.79. The predicted molar refractivity (Wildman–Crippen MR) is 52.0 cm³/mol. The molecular formula is C10H19NO3. The van der Waals surface area contributed by atoms with E-state index in [1.807, 2.05) is 0 Å². The fourth-order valence-electron chi connectivity index (χ4n) is 1.79. The summed E-state index contributed by atoms with van der Waals surface area (Å²) in [6, 6.07) is 0. The Hall–Kier alpha value is -0.160. The van der Waals surface area contributed by atoms with E-state index in [9.17, 15) is 10.2 Å². The van der Waals surface area contributed by atoms with E-state index in [1.54, 1.807) is 0 Å². The van der Waals surface area contributed by atoms with Crippen molar-refractivity contribution in [1.29, 1.82) is 0 Å². The number of hydrogen-bond donors (Lipinski definition) is 3. The molecular weight excluding hydrogens is 182 g/mol. The Morgan fingerprint density at radius 2 is 1.93 bits per heavy atom. The van der Waals surface area contributed by atoms with Crippen molar-refractivity contribution in [2.24, 2.45) is 5.92 Å². The Balaban J connectivity index is 1.66. The summed E-state index contributed by atoms with van der Waals surface area (Å²) in [5.74, 6) is 0.834. The van der Waals surface area contributed by atoms with Crippen molar-refractivity contribution in [3.63, 3.8) is 0 Å². The highest BCUT2D eigenvalue weighted by Crippen LogP contribution is 2.27. The zero-order valence-electron chi connectivity index (χ0n) is 8.35. The molecule has 1 heterocycles. The number of nitrogens with one attached hydrogen (secondary N) is 1. The van der Waals surface area contributed by atoms with Gasteiger partial charge in [-0.25, -0.2) is 0 Å². The molecule has 0 radical (unpaired) electrons. The van der Waals surface area contributed by atoms with Gasteiger partial charge in [0.05, 0.1) is 12.2 Å². The zero-order valence-corrected chi connectivity index (χ0v) is 8.35. The summed E-state index contributed by atoms with van der Waals surface area (Å²) in [6.07, 6.45) is 1.61. The summed E-state index contributed by atoms with van der Waals surface area (Å²) >= 11 is 0. The van der Waals surface area contributed by atoms with Gasteiger partial charge in [0.15, 0.2) is 0 Å². The highest BCUT2D eigenvalue weighted by atomic mass is 16.5. The number of rotatable bonds is 4. The van der Waals surface area contributed by atoms with Crippen LogP contribution in [0.1, 0.15) is 19.3 Å². The molecule has 3 atom stereocenters. The molecule has 0 aromatic carbocycles. The van der Waals surface area contributed by atoms with E-state index >= 15 is 0 Å². The Bertz CT molecular complexity index is 184. The lowest BCUT2D eigenvalue weighted by molar-refractivity contribution is -0.132. The lowest BCUT2D eigenvalue weighted by Gasteiger charge is -2.32. The zero-order chi connectivity index (χ0) is 9.97. The second-order valence-electron chi connectivity index (χ2n) is 4.36.